The summed E-state index contributed by atoms with van der Waals surface area (Å²) >= 11 is 12.1. The lowest BCUT2D eigenvalue weighted by atomic mass is 9.95. The number of aliphatic hydroxyl groups excluding tert-OH is 1. The number of carbonyl (C=O) groups excluding carboxylic acids is 2. The quantitative estimate of drug-likeness (QED) is 0.368. The van der Waals surface area contributed by atoms with E-state index in [0.29, 0.717) is 28.6 Å². The molecule has 1 fully saturated rings. The van der Waals surface area contributed by atoms with Crippen LogP contribution in [-0.4, -0.2) is 68.0 Å². The van der Waals surface area contributed by atoms with E-state index in [1.54, 1.807) is 24.3 Å². The van der Waals surface area contributed by atoms with Gasteiger partial charge in [0.25, 0.3) is 11.7 Å². The summed E-state index contributed by atoms with van der Waals surface area (Å²) in [6.45, 7) is 0.818. The van der Waals surface area contributed by atoms with Gasteiger partial charge in [0.05, 0.1) is 35.9 Å². The van der Waals surface area contributed by atoms with Crippen LogP contribution in [0.3, 0.4) is 0 Å². The lowest BCUT2D eigenvalue weighted by molar-refractivity contribution is -0.140. The second kappa shape index (κ2) is 9.81. The smallest absolute Gasteiger partial charge is 0.295 e. The van der Waals surface area contributed by atoms with Crippen LogP contribution in [0.4, 0.5) is 0 Å². The number of amides is 1. The summed E-state index contributed by atoms with van der Waals surface area (Å²) in [5, 5.41) is 11.6. The molecule has 1 aliphatic heterocycles. The molecule has 0 radical (unpaired) electrons. The number of rotatable bonds is 7. The third-order valence-corrected chi connectivity index (χ3v) is 5.98. The molecule has 1 amide bonds. The Hall–Kier alpha value is -2.74. The number of likely N-dealkylation sites (tertiary alicyclic amines) is 1. The molecule has 1 atom stereocenters. The van der Waals surface area contributed by atoms with Crippen LogP contribution in [0.5, 0.6) is 11.5 Å². The maximum atomic E-state index is 13.1. The zero-order chi connectivity index (χ0) is 23.6. The number of hydrogen-bond donors (Lipinski definition) is 1. The summed E-state index contributed by atoms with van der Waals surface area (Å²) in [5.74, 6) is -0.835. The Balaban J connectivity index is 2.20. The fraction of sp³-hybridized carbons (Fsp3) is 0.304. The van der Waals surface area contributed by atoms with E-state index in [0.717, 1.165) is 0 Å². The molecule has 0 aliphatic carbocycles. The molecule has 1 saturated heterocycles. The first kappa shape index (κ1) is 23.9. The highest BCUT2D eigenvalue weighted by molar-refractivity contribution is 6.46. The van der Waals surface area contributed by atoms with Crippen LogP contribution in [0.15, 0.2) is 42.0 Å². The number of hydrogen-bond acceptors (Lipinski definition) is 6. The first-order valence-electron chi connectivity index (χ1n) is 9.80. The fourth-order valence-corrected chi connectivity index (χ4v) is 3.88. The maximum absolute atomic E-state index is 13.1. The van der Waals surface area contributed by atoms with Gasteiger partial charge in [-0.1, -0.05) is 29.3 Å². The fourth-order valence-electron chi connectivity index (χ4n) is 3.59. The molecule has 32 heavy (non-hydrogen) atoms. The van der Waals surface area contributed by atoms with Crippen molar-refractivity contribution < 1.29 is 24.2 Å². The number of Topliss-reactive ketones (excluding diaryl/α,β-unsaturated/α-hetero) is 1. The van der Waals surface area contributed by atoms with Crippen molar-refractivity contribution in [2.45, 2.75) is 6.04 Å². The van der Waals surface area contributed by atoms with Crippen molar-refractivity contribution >= 4 is 40.7 Å². The lowest BCUT2D eigenvalue weighted by Crippen LogP contribution is -2.35. The number of nitrogens with zero attached hydrogens (tertiary/aromatic N) is 2. The molecule has 0 bridgehead atoms. The molecule has 1 N–H and O–H groups in total. The highest BCUT2D eigenvalue weighted by atomic mass is 35.5. The van der Waals surface area contributed by atoms with Crippen molar-refractivity contribution in [2.24, 2.45) is 0 Å². The number of ketones is 1. The van der Waals surface area contributed by atoms with Crippen molar-refractivity contribution in [3.05, 3.63) is 63.1 Å². The van der Waals surface area contributed by atoms with E-state index in [-0.39, 0.29) is 28.5 Å². The van der Waals surface area contributed by atoms with Crippen LogP contribution in [0.2, 0.25) is 10.0 Å². The van der Waals surface area contributed by atoms with Gasteiger partial charge < -0.3 is 24.4 Å². The average Bonchev–Trinajstić information content (AvgIpc) is 3.03. The normalized spacial score (nSPS) is 17.8. The van der Waals surface area contributed by atoms with Gasteiger partial charge in [-0.25, -0.2) is 0 Å². The predicted octanol–water partition coefficient (Wildman–Crippen LogP) is 3.99. The van der Waals surface area contributed by atoms with Gasteiger partial charge in [0.1, 0.15) is 5.76 Å². The van der Waals surface area contributed by atoms with Gasteiger partial charge in [0.15, 0.2) is 11.5 Å². The summed E-state index contributed by atoms with van der Waals surface area (Å²) < 4.78 is 10.7. The number of methoxy groups -OCH3 is 2. The van der Waals surface area contributed by atoms with Crippen LogP contribution < -0.4 is 9.47 Å². The molecule has 0 aromatic heterocycles. The number of ether oxygens (including phenoxy) is 2. The molecule has 2 aromatic carbocycles. The SMILES string of the molecule is COc1ccc(C2/C(=C(/O)c3ccc(Cl)c(Cl)c3)C(=O)C(=O)N2CCN(C)C)cc1OC. The van der Waals surface area contributed by atoms with Crippen LogP contribution in [-0.2, 0) is 9.59 Å². The third kappa shape index (κ3) is 4.55. The van der Waals surface area contributed by atoms with Gasteiger partial charge in [0.2, 0.25) is 0 Å². The van der Waals surface area contributed by atoms with Gasteiger partial charge in [-0.2, -0.15) is 0 Å². The van der Waals surface area contributed by atoms with E-state index in [1.807, 2.05) is 19.0 Å². The van der Waals surface area contributed by atoms with Crippen molar-refractivity contribution in [3.8, 4) is 11.5 Å². The number of halogens is 2. The topological polar surface area (TPSA) is 79.3 Å². The van der Waals surface area contributed by atoms with Gasteiger partial charge in [-0.15, -0.1) is 0 Å². The van der Waals surface area contributed by atoms with E-state index >= 15 is 0 Å². The molecule has 3 rings (SSSR count). The molecular formula is C23H24Cl2N2O5. The summed E-state index contributed by atoms with van der Waals surface area (Å²) in [6, 6.07) is 8.83. The average molecular weight is 479 g/mol. The van der Waals surface area contributed by atoms with Crippen molar-refractivity contribution in [1.29, 1.82) is 0 Å². The first-order chi connectivity index (χ1) is 15.2. The predicted molar refractivity (Wildman–Crippen MR) is 124 cm³/mol. The van der Waals surface area contributed by atoms with E-state index in [4.69, 9.17) is 32.7 Å². The summed E-state index contributed by atoms with van der Waals surface area (Å²) in [6.07, 6.45) is 0. The Bertz CT molecular complexity index is 1080. The minimum Gasteiger partial charge on any atom is -0.507 e. The minimum atomic E-state index is -0.816. The van der Waals surface area contributed by atoms with Crippen LogP contribution >= 0.6 is 23.2 Å². The lowest BCUT2D eigenvalue weighted by Gasteiger charge is -2.27. The van der Waals surface area contributed by atoms with Gasteiger partial charge >= 0.3 is 0 Å². The van der Waals surface area contributed by atoms with Crippen molar-refractivity contribution in [1.82, 2.24) is 9.80 Å². The van der Waals surface area contributed by atoms with Crippen LogP contribution in [0, 0.1) is 0 Å². The molecule has 7 nitrogen and oxygen atoms in total. The molecular weight excluding hydrogens is 455 g/mol. The Morgan fingerprint density at radius 3 is 2.31 bits per heavy atom. The molecule has 9 heteroatoms. The molecule has 1 aliphatic rings. The third-order valence-electron chi connectivity index (χ3n) is 5.24. The molecule has 1 heterocycles. The largest absolute Gasteiger partial charge is 0.507 e. The zero-order valence-corrected chi connectivity index (χ0v) is 19.7. The Labute approximate surface area is 196 Å². The van der Waals surface area contributed by atoms with Gasteiger partial charge in [-0.3, -0.25) is 9.59 Å². The molecule has 0 saturated carbocycles. The van der Waals surface area contributed by atoms with E-state index in [1.165, 1.54) is 31.3 Å². The Kier molecular flexibility index (Phi) is 7.33. The van der Waals surface area contributed by atoms with Crippen LogP contribution in [0.25, 0.3) is 5.76 Å². The Morgan fingerprint density at radius 2 is 1.72 bits per heavy atom. The molecule has 1 unspecified atom stereocenters. The highest BCUT2D eigenvalue weighted by Gasteiger charge is 2.46. The van der Waals surface area contributed by atoms with E-state index in [2.05, 4.69) is 0 Å². The van der Waals surface area contributed by atoms with Gasteiger partial charge in [0, 0.05) is 18.7 Å². The summed E-state index contributed by atoms with van der Waals surface area (Å²) in [7, 11) is 6.76. The summed E-state index contributed by atoms with van der Waals surface area (Å²) in [5.41, 5.74) is 0.858. The second-order valence-electron chi connectivity index (χ2n) is 7.54. The molecule has 170 valence electrons. The minimum absolute atomic E-state index is 0.0284. The van der Waals surface area contributed by atoms with Gasteiger partial charge in [-0.05, 0) is 50.0 Å². The second-order valence-corrected chi connectivity index (χ2v) is 8.35. The van der Waals surface area contributed by atoms with E-state index in [9.17, 15) is 14.7 Å². The van der Waals surface area contributed by atoms with E-state index < -0.39 is 17.7 Å². The highest BCUT2D eigenvalue weighted by Crippen LogP contribution is 2.42. The zero-order valence-electron chi connectivity index (χ0n) is 18.2. The van der Waals surface area contributed by atoms with Crippen molar-refractivity contribution in [2.75, 3.05) is 41.4 Å². The number of aliphatic hydroxyl groups is 1. The first-order valence-corrected chi connectivity index (χ1v) is 10.6. The number of carbonyl (C=O) groups is 2. The summed E-state index contributed by atoms with van der Waals surface area (Å²) in [4.78, 5) is 29.4. The molecule has 2 aromatic rings. The standard InChI is InChI=1S/C23H24Cl2N2O5/c1-26(2)9-10-27-20(13-6-8-17(31-3)18(12-13)32-4)19(22(29)23(27)30)21(28)14-5-7-15(24)16(25)11-14/h5-8,11-12,20,28H,9-10H2,1-4H3/b21-19-. The van der Waals surface area contributed by atoms with Crippen molar-refractivity contribution in [3.63, 3.8) is 0 Å². The Morgan fingerprint density at radius 1 is 1.03 bits per heavy atom. The van der Waals surface area contributed by atoms with Crippen LogP contribution in [0.1, 0.15) is 17.2 Å². The number of benzene rings is 2. The monoisotopic (exact) mass is 478 g/mol. The number of likely N-dealkylation sites (N-methyl/N-ethyl adjacent to an activating group) is 1. The molecule has 0 spiro atoms. The maximum Gasteiger partial charge on any atom is 0.295 e.